The molecule has 1 aliphatic rings. The van der Waals surface area contributed by atoms with Crippen LogP contribution >= 0.6 is 0 Å². The summed E-state index contributed by atoms with van der Waals surface area (Å²) in [6.45, 7) is 5.66. The van der Waals surface area contributed by atoms with Gasteiger partial charge in [-0.15, -0.1) is 0 Å². The standard InChI is InChI=1S/C30H36FN5O5/c1-18-15-35(19(2)14-34(18)16-20-8-10-21(31)11-9-20)28(38)23-12-22-24(27(37)29(39)32(3)4)17-36(30(40)33(5)6)25(22)13-26(23)41-7/h8-13,17-19H,14-16H2,1-7H3. The molecule has 4 rings (SSSR count). The van der Waals surface area contributed by atoms with Crippen molar-refractivity contribution in [2.24, 2.45) is 0 Å². The van der Waals surface area contributed by atoms with Crippen LogP contribution in [0.15, 0.2) is 42.6 Å². The number of hydrogen-bond acceptors (Lipinski definition) is 6. The number of methoxy groups -OCH3 is 1. The molecular formula is C30H36FN5O5. The lowest BCUT2D eigenvalue weighted by Gasteiger charge is -2.44. The summed E-state index contributed by atoms with van der Waals surface area (Å²) in [5, 5.41) is 0.306. The molecule has 1 fully saturated rings. The number of hydrogen-bond donors (Lipinski definition) is 0. The number of carbonyl (C=O) groups excluding carboxylic acids is 4. The number of likely N-dealkylation sites (N-methyl/N-ethyl adjacent to an activating group) is 1. The number of ether oxygens (including phenoxy) is 1. The molecule has 3 aromatic rings. The fourth-order valence-corrected chi connectivity index (χ4v) is 5.14. The van der Waals surface area contributed by atoms with Crippen molar-refractivity contribution in [2.45, 2.75) is 32.5 Å². The first-order valence-electron chi connectivity index (χ1n) is 13.3. The van der Waals surface area contributed by atoms with Crippen LogP contribution in [0.1, 0.15) is 40.1 Å². The summed E-state index contributed by atoms with van der Waals surface area (Å²) >= 11 is 0. The zero-order chi connectivity index (χ0) is 30.2. The summed E-state index contributed by atoms with van der Waals surface area (Å²) in [6.07, 6.45) is 1.34. The van der Waals surface area contributed by atoms with Crippen LogP contribution < -0.4 is 4.74 Å². The van der Waals surface area contributed by atoms with E-state index in [4.69, 9.17) is 4.74 Å². The Morgan fingerprint density at radius 3 is 2.17 bits per heavy atom. The van der Waals surface area contributed by atoms with Crippen LogP contribution in [-0.2, 0) is 11.3 Å². The molecule has 41 heavy (non-hydrogen) atoms. The number of ketones is 1. The maximum Gasteiger partial charge on any atom is 0.328 e. The largest absolute Gasteiger partial charge is 0.496 e. The lowest BCUT2D eigenvalue weighted by Crippen LogP contribution is -2.57. The Morgan fingerprint density at radius 1 is 0.927 bits per heavy atom. The van der Waals surface area contributed by atoms with Crippen molar-refractivity contribution in [3.63, 3.8) is 0 Å². The van der Waals surface area contributed by atoms with Crippen LogP contribution in [-0.4, -0.2) is 108 Å². The highest BCUT2D eigenvalue weighted by Crippen LogP contribution is 2.33. The average Bonchev–Trinajstić information content (AvgIpc) is 3.31. The van der Waals surface area contributed by atoms with E-state index in [1.54, 1.807) is 37.2 Å². The summed E-state index contributed by atoms with van der Waals surface area (Å²) in [6, 6.07) is 8.93. The molecule has 0 bridgehead atoms. The van der Waals surface area contributed by atoms with Crippen molar-refractivity contribution >= 4 is 34.5 Å². The fraction of sp³-hybridized carbons (Fsp3) is 0.400. The summed E-state index contributed by atoms with van der Waals surface area (Å²) in [7, 11) is 7.54. The minimum Gasteiger partial charge on any atom is -0.496 e. The maximum absolute atomic E-state index is 14.0. The Bertz CT molecular complexity index is 1500. The number of benzene rings is 2. The van der Waals surface area contributed by atoms with Gasteiger partial charge in [0.25, 0.3) is 17.6 Å². The van der Waals surface area contributed by atoms with Gasteiger partial charge in [-0.3, -0.25) is 23.9 Å². The number of aromatic nitrogens is 1. The van der Waals surface area contributed by atoms with Gasteiger partial charge in [0.1, 0.15) is 11.6 Å². The van der Waals surface area contributed by atoms with E-state index >= 15 is 0 Å². The van der Waals surface area contributed by atoms with Gasteiger partial charge in [0, 0.05) is 77.6 Å². The third kappa shape index (κ3) is 5.81. The highest BCUT2D eigenvalue weighted by Gasteiger charge is 2.34. The fourth-order valence-electron chi connectivity index (χ4n) is 5.14. The molecule has 2 atom stereocenters. The molecule has 2 unspecified atom stereocenters. The molecule has 0 saturated carbocycles. The Kier molecular flexibility index (Phi) is 8.48. The number of fused-ring (bicyclic) bond motifs is 1. The second kappa shape index (κ2) is 11.7. The number of nitrogens with zero attached hydrogens (tertiary/aromatic N) is 5. The van der Waals surface area contributed by atoms with Gasteiger partial charge in [0.15, 0.2) is 0 Å². The van der Waals surface area contributed by atoms with E-state index in [0.29, 0.717) is 30.5 Å². The molecule has 218 valence electrons. The lowest BCUT2D eigenvalue weighted by atomic mass is 10.0. The van der Waals surface area contributed by atoms with Gasteiger partial charge >= 0.3 is 6.03 Å². The van der Waals surface area contributed by atoms with E-state index in [9.17, 15) is 23.6 Å². The maximum atomic E-state index is 14.0. The van der Waals surface area contributed by atoms with E-state index in [1.165, 1.54) is 60.0 Å². The topological polar surface area (TPSA) is 95.4 Å². The van der Waals surface area contributed by atoms with Crippen LogP contribution in [0.2, 0.25) is 0 Å². The van der Waals surface area contributed by atoms with Gasteiger partial charge in [0.05, 0.1) is 23.8 Å². The number of piperazine rings is 1. The Labute approximate surface area is 238 Å². The highest BCUT2D eigenvalue weighted by molar-refractivity contribution is 6.45. The van der Waals surface area contributed by atoms with Crippen molar-refractivity contribution in [3.05, 3.63) is 65.1 Å². The minimum absolute atomic E-state index is 0.0172. The van der Waals surface area contributed by atoms with Gasteiger partial charge in [-0.2, -0.15) is 0 Å². The predicted molar refractivity (Wildman–Crippen MR) is 153 cm³/mol. The highest BCUT2D eigenvalue weighted by atomic mass is 19.1. The Balaban J connectivity index is 1.72. The summed E-state index contributed by atoms with van der Waals surface area (Å²) in [5.41, 5.74) is 1.58. The van der Waals surface area contributed by atoms with Gasteiger partial charge in [-0.05, 0) is 37.6 Å². The summed E-state index contributed by atoms with van der Waals surface area (Å²) in [4.78, 5) is 59.3. The number of amides is 3. The van der Waals surface area contributed by atoms with Crippen molar-refractivity contribution < 1.29 is 28.3 Å². The zero-order valence-corrected chi connectivity index (χ0v) is 24.5. The molecule has 0 N–H and O–H groups in total. The van der Waals surface area contributed by atoms with E-state index in [0.717, 1.165) is 5.56 Å². The molecule has 0 spiro atoms. The van der Waals surface area contributed by atoms with Crippen LogP contribution in [0, 0.1) is 5.82 Å². The molecule has 2 heterocycles. The average molecular weight is 566 g/mol. The van der Waals surface area contributed by atoms with Crippen LogP contribution in [0.25, 0.3) is 10.9 Å². The van der Waals surface area contributed by atoms with Crippen LogP contribution in [0.4, 0.5) is 9.18 Å². The number of rotatable bonds is 6. The van der Waals surface area contributed by atoms with E-state index in [1.807, 2.05) is 13.8 Å². The summed E-state index contributed by atoms with van der Waals surface area (Å²) in [5.74, 6) is -1.85. The van der Waals surface area contributed by atoms with E-state index in [2.05, 4.69) is 4.90 Å². The number of carbonyl (C=O) groups is 4. The molecule has 3 amide bonds. The minimum atomic E-state index is -0.787. The molecule has 10 nitrogen and oxygen atoms in total. The predicted octanol–water partition coefficient (Wildman–Crippen LogP) is 3.32. The number of Topliss-reactive ketones (excluding diaryl/α,β-unsaturated/α-hetero) is 1. The molecule has 1 aliphatic heterocycles. The SMILES string of the molecule is COc1cc2c(cc1C(=O)N1CC(C)N(Cc3ccc(F)cc3)CC1C)c(C(=O)C(=O)N(C)C)cn2C(=O)N(C)C. The smallest absolute Gasteiger partial charge is 0.328 e. The first kappa shape index (κ1) is 29.7. The molecule has 2 aromatic carbocycles. The monoisotopic (exact) mass is 565 g/mol. The third-order valence-corrected chi connectivity index (χ3v) is 7.46. The van der Waals surface area contributed by atoms with E-state index < -0.39 is 17.7 Å². The van der Waals surface area contributed by atoms with Crippen molar-refractivity contribution in [2.75, 3.05) is 48.4 Å². The quantitative estimate of drug-likeness (QED) is 0.336. The van der Waals surface area contributed by atoms with Crippen molar-refractivity contribution in [3.8, 4) is 5.75 Å². The normalized spacial score (nSPS) is 17.4. The molecule has 0 radical (unpaired) electrons. The lowest BCUT2D eigenvalue weighted by molar-refractivity contribution is -0.124. The Morgan fingerprint density at radius 2 is 1.59 bits per heavy atom. The first-order valence-corrected chi connectivity index (χ1v) is 13.3. The first-order chi connectivity index (χ1) is 19.3. The van der Waals surface area contributed by atoms with Gasteiger partial charge < -0.3 is 19.4 Å². The number of halogens is 1. The molecule has 1 aromatic heterocycles. The molecule has 0 aliphatic carbocycles. The van der Waals surface area contributed by atoms with Gasteiger partial charge in [-0.25, -0.2) is 9.18 Å². The molecule has 11 heteroatoms. The van der Waals surface area contributed by atoms with Gasteiger partial charge in [-0.1, -0.05) is 12.1 Å². The van der Waals surface area contributed by atoms with Crippen molar-refractivity contribution in [1.29, 1.82) is 0 Å². The molecule has 1 saturated heterocycles. The zero-order valence-electron chi connectivity index (χ0n) is 24.5. The van der Waals surface area contributed by atoms with E-state index in [-0.39, 0.29) is 40.7 Å². The van der Waals surface area contributed by atoms with Crippen LogP contribution in [0.5, 0.6) is 5.75 Å². The second-order valence-electron chi connectivity index (χ2n) is 10.9. The van der Waals surface area contributed by atoms with Crippen molar-refractivity contribution in [1.82, 2.24) is 24.2 Å². The summed E-state index contributed by atoms with van der Waals surface area (Å²) < 4.78 is 20.2. The third-order valence-electron chi connectivity index (χ3n) is 7.46. The van der Waals surface area contributed by atoms with Gasteiger partial charge in [0.2, 0.25) is 0 Å². The second-order valence-corrected chi connectivity index (χ2v) is 10.9. The Hall–Kier alpha value is -4.25. The van der Waals surface area contributed by atoms with Crippen LogP contribution in [0.3, 0.4) is 0 Å². The molecular weight excluding hydrogens is 529 g/mol.